The summed E-state index contributed by atoms with van der Waals surface area (Å²) in [4.78, 5) is 12.0. The summed E-state index contributed by atoms with van der Waals surface area (Å²) in [6.07, 6.45) is 1.13. The molecular formula is C18H18N2O. The second-order valence-corrected chi connectivity index (χ2v) is 5.01. The Morgan fingerprint density at radius 1 is 1.14 bits per heavy atom. The molecule has 0 fully saturated rings. The first kappa shape index (κ1) is 14.8. The standard InChI is InChI=1S/C18H18N2O/c1-14(17-5-3-2-4-6-17)20-18(21)12-11-15-7-9-16(13-19)10-8-15/h2-10,14H,11-12H2,1H3,(H,20,21). The number of benzene rings is 2. The fourth-order valence-electron chi connectivity index (χ4n) is 2.14. The van der Waals surface area contributed by atoms with Crippen molar-refractivity contribution in [2.24, 2.45) is 0 Å². The van der Waals surface area contributed by atoms with Gasteiger partial charge in [0, 0.05) is 6.42 Å². The van der Waals surface area contributed by atoms with E-state index in [1.807, 2.05) is 49.4 Å². The van der Waals surface area contributed by atoms with E-state index in [0.717, 1.165) is 11.1 Å². The Labute approximate surface area is 125 Å². The van der Waals surface area contributed by atoms with E-state index in [4.69, 9.17) is 5.26 Å². The van der Waals surface area contributed by atoms with Crippen LogP contribution in [0.4, 0.5) is 0 Å². The van der Waals surface area contributed by atoms with Gasteiger partial charge < -0.3 is 5.32 Å². The molecule has 1 amide bonds. The zero-order valence-electron chi connectivity index (χ0n) is 12.0. The molecule has 21 heavy (non-hydrogen) atoms. The van der Waals surface area contributed by atoms with Gasteiger partial charge in [0.25, 0.3) is 0 Å². The number of hydrogen-bond donors (Lipinski definition) is 1. The van der Waals surface area contributed by atoms with E-state index >= 15 is 0 Å². The zero-order chi connectivity index (χ0) is 15.1. The topological polar surface area (TPSA) is 52.9 Å². The second kappa shape index (κ2) is 7.25. The van der Waals surface area contributed by atoms with E-state index in [0.29, 0.717) is 18.4 Å². The summed E-state index contributed by atoms with van der Waals surface area (Å²) in [7, 11) is 0. The first-order valence-electron chi connectivity index (χ1n) is 7.02. The highest BCUT2D eigenvalue weighted by molar-refractivity contribution is 5.76. The van der Waals surface area contributed by atoms with Crippen molar-refractivity contribution in [3.63, 3.8) is 0 Å². The molecular weight excluding hydrogens is 260 g/mol. The second-order valence-electron chi connectivity index (χ2n) is 5.01. The monoisotopic (exact) mass is 278 g/mol. The Bertz CT molecular complexity index is 627. The van der Waals surface area contributed by atoms with Gasteiger partial charge in [0.2, 0.25) is 5.91 Å². The molecule has 0 radical (unpaired) electrons. The van der Waals surface area contributed by atoms with E-state index in [1.165, 1.54) is 0 Å². The van der Waals surface area contributed by atoms with Crippen LogP contribution in [0.3, 0.4) is 0 Å². The van der Waals surface area contributed by atoms with Gasteiger partial charge in [0.1, 0.15) is 0 Å². The Balaban J connectivity index is 1.83. The number of nitrogens with one attached hydrogen (secondary N) is 1. The third-order valence-corrected chi connectivity index (χ3v) is 3.40. The first-order valence-corrected chi connectivity index (χ1v) is 7.02. The van der Waals surface area contributed by atoms with Gasteiger partial charge in [-0.3, -0.25) is 4.79 Å². The third-order valence-electron chi connectivity index (χ3n) is 3.40. The molecule has 1 N–H and O–H groups in total. The van der Waals surface area contributed by atoms with Crippen LogP contribution in [0, 0.1) is 11.3 Å². The van der Waals surface area contributed by atoms with E-state index in [2.05, 4.69) is 11.4 Å². The van der Waals surface area contributed by atoms with Crippen LogP contribution in [0.1, 0.15) is 36.1 Å². The molecule has 0 aliphatic rings. The highest BCUT2D eigenvalue weighted by atomic mass is 16.1. The van der Waals surface area contributed by atoms with Crippen molar-refractivity contribution < 1.29 is 4.79 Å². The van der Waals surface area contributed by atoms with Crippen LogP contribution in [0.15, 0.2) is 54.6 Å². The minimum Gasteiger partial charge on any atom is -0.350 e. The van der Waals surface area contributed by atoms with Crippen molar-refractivity contribution in [2.45, 2.75) is 25.8 Å². The van der Waals surface area contributed by atoms with Crippen LogP contribution in [0.2, 0.25) is 0 Å². The molecule has 0 saturated carbocycles. The molecule has 0 aliphatic carbocycles. The molecule has 0 bridgehead atoms. The van der Waals surface area contributed by atoms with E-state index in [1.54, 1.807) is 12.1 Å². The molecule has 2 aromatic rings. The average Bonchev–Trinajstić information content (AvgIpc) is 2.54. The number of carbonyl (C=O) groups is 1. The lowest BCUT2D eigenvalue weighted by Gasteiger charge is -2.14. The Kier molecular flexibility index (Phi) is 5.11. The maximum Gasteiger partial charge on any atom is 0.220 e. The number of nitriles is 1. The van der Waals surface area contributed by atoms with Gasteiger partial charge in [-0.25, -0.2) is 0 Å². The minimum atomic E-state index is 0.0136. The quantitative estimate of drug-likeness (QED) is 0.911. The fraction of sp³-hybridized carbons (Fsp3) is 0.222. The average molecular weight is 278 g/mol. The lowest BCUT2D eigenvalue weighted by Crippen LogP contribution is -2.26. The molecule has 2 rings (SSSR count). The summed E-state index contributed by atoms with van der Waals surface area (Å²) >= 11 is 0. The van der Waals surface area contributed by atoms with Crippen molar-refractivity contribution in [3.8, 4) is 6.07 Å². The normalized spacial score (nSPS) is 11.4. The SMILES string of the molecule is CC(NC(=O)CCc1ccc(C#N)cc1)c1ccccc1. The van der Waals surface area contributed by atoms with Crippen LogP contribution in [-0.4, -0.2) is 5.91 Å². The number of hydrogen-bond acceptors (Lipinski definition) is 2. The van der Waals surface area contributed by atoms with Gasteiger partial charge in [-0.15, -0.1) is 0 Å². The summed E-state index contributed by atoms with van der Waals surface area (Å²) in [6, 6.07) is 19.3. The molecule has 0 heterocycles. The van der Waals surface area contributed by atoms with Crippen molar-refractivity contribution in [2.75, 3.05) is 0 Å². The van der Waals surface area contributed by atoms with Crippen LogP contribution in [0.25, 0.3) is 0 Å². The molecule has 3 nitrogen and oxygen atoms in total. The fourth-order valence-corrected chi connectivity index (χ4v) is 2.14. The van der Waals surface area contributed by atoms with Gasteiger partial charge in [0.15, 0.2) is 0 Å². The van der Waals surface area contributed by atoms with Gasteiger partial charge in [-0.1, -0.05) is 42.5 Å². The number of amides is 1. The number of aryl methyl sites for hydroxylation is 1. The zero-order valence-corrected chi connectivity index (χ0v) is 12.0. The maximum atomic E-state index is 12.0. The number of rotatable bonds is 5. The Morgan fingerprint density at radius 3 is 2.43 bits per heavy atom. The van der Waals surface area contributed by atoms with E-state index < -0.39 is 0 Å². The predicted molar refractivity (Wildman–Crippen MR) is 82.5 cm³/mol. The van der Waals surface area contributed by atoms with E-state index in [9.17, 15) is 4.79 Å². The molecule has 106 valence electrons. The van der Waals surface area contributed by atoms with Crippen LogP contribution in [-0.2, 0) is 11.2 Å². The lowest BCUT2D eigenvalue weighted by molar-refractivity contribution is -0.121. The smallest absolute Gasteiger partial charge is 0.220 e. The largest absolute Gasteiger partial charge is 0.350 e. The molecule has 2 aromatic carbocycles. The molecule has 1 unspecified atom stereocenters. The van der Waals surface area contributed by atoms with Crippen molar-refractivity contribution in [1.29, 1.82) is 5.26 Å². The van der Waals surface area contributed by atoms with Crippen molar-refractivity contribution in [1.82, 2.24) is 5.32 Å². The number of carbonyl (C=O) groups excluding carboxylic acids is 1. The molecule has 0 spiro atoms. The minimum absolute atomic E-state index is 0.0136. The highest BCUT2D eigenvalue weighted by Crippen LogP contribution is 2.12. The summed E-state index contributed by atoms with van der Waals surface area (Å²) in [6.45, 7) is 1.98. The highest BCUT2D eigenvalue weighted by Gasteiger charge is 2.09. The van der Waals surface area contributed by atoms with Crippen LogP contribution < -0.4 is 5.32 Å². The molecule has 0 aromatic heterocycles. The van der Waals surface area contributed by atoms with Gasteiger partial charge >= 0.3 is 0 Å². The van der Waals surface area contributed by atoms with Crippen LogP contribution >= 0.6 is 0 Å². The molecule has 1 atom stereocenters. The Hall–Kier alpha value is -2.60. The maximum absolute atomic E-state index is 12.0. The summed E-state index contributed by atoms with van der Waals surface area (Å²) in [5, 5.41) is 11.7. The van der Waals surface area contributed by atoms with Crippen molar-refractivity contribution >= 4 is 5.91 Å². The predicted octanol–water partition coefficient (Wildman–Crippen LogP) is 3.37. The first-order chi connectivity index (χ1) is 10.2. The van der Waals surface area contributed by atoms with E-state index in [-0.39, 0.29) is 11.9 Å². The molecule has 0 saturated heterocycles. The summed E-state index contributed by atoms with van der Waals surface area (Å²) in [5.41, 5.74) is 2.81. The third kappa shape index (κ3) is 4.47. The lowest BCUT2D eigenvalue weighted by atomic mass is 10.1. The number of nitrogens with zero attached hydrogens (tertiary/aromatic N) is 1. The summed E-state index contributed by atoms with van der Waals surface area (Å²) < 4.78 is 0. The van der Waals surface area contributed by atoms with Gasteiger partial charge in [-0.05, 0) is 36.6 Å². The van der Waals surface area contributed by atoms with Gasteiger partial charge in [-0.2, -0.15) is 5.26 Å². The summed E-state index contributed by atoms with van der Waals surface area (Å²) in [5.74, 6) is 0.0377. The van der Waals surface area contributed by atoms with Crippen LogP contribution in [0.5, 0.6) is 0 Å². The van der Waals surface area contributed by atoms with Crippen molar-refractivity contribution in [3.05, 3.63) is 71.3 Å². The van der Waals surface area contributed by atoms with Gasteiger partial charge in [0.05, 0.1) is 17.7 Å². The molecule has 0 aliphatic heterocycles. The Morgan fingerprint density at radius 2 is 1.81 bits per heavy atom. The molecule has 3 heteroatoms.